The monoisotopic (exact) mass is 296 g/mol. The molecule has 0 amide bonds. The molecule has 0 unspecified atom stereocenters. The van der Waals surface area contributed by atoms with E-state index in [4.69, 9.17) is 0 Å². The van der Waals surface area contributed by atoms with Crippen LogP contribution in [0.1, 0.15) is 17.6 Å². The van der Waals surface area contributed by atoms with Gasteiger partial charge in [-0.3, -0.25) is 10.1 Å². The predicted octanol–water partition coefficient (Wildman–Crippen LogP) is 2.83. The zero-order valence-corrected chi connectivity index (χ0v) is 9.70. The summed E-state index contributed by atoms with van der Waals surface area (Å²) in [6, 6.07) is 0. The van der Waals surface area contributed by atoms with Gasteiger partial charge in [0.05, 0.1) is 17.6 Å². The van der Waals surface area contributed by atoms with E-state index in [2.05, 4.69) is 25.7 Å². The van der Waals surface area contributed by atoms with Gasteiger partial charge in [-0.2, -0.15) is 0 Å². The summed E-state index contributed by atoms with van der Waals surface area (Å²) in [5.74, 6) is -0.274. The molecular weight excluding hydrogens is 290 g/mol. The number of pyridine rings is 1. The van der Waals surface area contributed by atoms with Gasteiger partial charge in [0, 0.05) is 17.1 Å². The highest BCUT2D eigenvalue weighted by atomic mass is 79.9. The standard InChI is InChI=1S/C8H7BrF2N2O3/c1-16-8-6(13(14)15)4(2-9)5(3-12-8)7(10)11/h3,7H,2H2,1H3. The van der Waals surface area contributed by atoms with Crippen molar-refractivity contribution in [3.63, 3.8) is 0 Å². The average molecular weight is 297 g/mol. The Morgan fingerprint density at radius 2 is 2.31 bits per heavy atom. The van der Waals surface area contributed by atoms with Crippen LogP contribution in [0.25, 0.3) is 0 Å². The van der Waals surface area contributed by atoms with Gasteiger partial charge in [0.15, 0.2) is 0 Å². The summed E-state index contributed by atoms with van der Waals surface area (Å²) in [7, 11) is 1.19. The third-order valence-corrected chi connectivity index (χ3v) is 2.46. The molecule has 0 spiro atoms. The van der Waals surface area contributed by atoms with E-state index in [9.17, 15) is 18.9 Å². The summed E-state index contributed by atoms with van der Waals surface area (Å²) in [5.41, 5.74) is -1.12. The van der Waals surface area contributed by atoms with Gasteiger partial charge >= 0.3 is 5.69 Å². The zero-order chi connectivity index (χ0) is 12.3. The van der Waals surface area contributed by atoms with Crippen LogP contribution in [0, 0.1) is 10.1 Å². The van der Waals surface area contributed by atoms with Crippen molar-refractivity contribution in [1.29, 1.82) is 0 Å². The fraction of sp³-hybridized carbons (Fsp3) is 0.375. The van der Waals surface area contributed by atoms with Crippen molar-refractivity contribution in [2.24, 2.45) is 0 Å². The number of ether oxygens (including phenoxy) is 1. The van der Waals surface area contributed by atoms with E-state index in [1.54, 1.807) is 0 Å². The van der Waals surface area contributed by atoms with Gasteiger partial charge in [-0.25, -0.2) is 13.8 Å². The Kier molecular flexibility index (Phi) is 4.11. The second-order valence-corrected chi connectivity index (χ2v) is 3.30. The molecule has 0 aliphatic carbocycles. The topological polar surface area (TPSA) is 65.3 Å². The molecule has 88 valence electrons. The molecule has 1 rings (SSSR count). The first kappa shape index (κ1) is 12.8. The van der Waals surface area contributed by atoms with Gasteiger partial charge in [0.2, 0.25) is 0 Å². The van der Waals surface area contributed by atoms with E-state index in [1.165, 1.54) is 7.11 Å². The van der Waals surface area contributed by atoms with Gasteiger partial charge in [-0.05, 0) is 0 Å². The summed E-state index contributed by atoms with van der Waals surface area (Å²) < 4.78 is 29.8. The van der Waals surface area contributed by atoms with Crippen molar-refractivity contribution in [1.82, 2.24) is 4.98 Å². The largest absolute Gasteiger partial charge is 0.476 e. The van der Waals surface area contributed by atoms with Crippen LogP contribution in [-0.4, -0.2) is 17.0 Å². The molecule has 5 nitrogen and oxygen atoms in total. The van der Waals surface area contributed by atoms with E-state index in [-0.39, 0.29) is 16.8 Å². The number of nitro groups is 1. The molecule has 0 fully saturated rings. The molecule has 0 atom stereocenters. The number of halogens is 3. The van der Waals surface area contributed by atoms with Crippen molar-refractivity contribution in [2.75, 3.05) is 7.11 Å². The number of aromatic nitrogens is 1. The van der Waals surface area contributed by atoms with Gasteiger partial charge in [0.25, 0.3) is 12.3 Å². The lowest BCUT2D eigenvalue weighted by atomic mass is 10.1. The second-order valence-electron chi connectivity index (χ2n) is 2.74. The fourth-order valence-corrected chi connectivity index (χ4v) is 1.79. The SMILES string of the molecule is COc1ncc(C(F)F)c(CBr)c1[N+](=O)[O-]. The molecule has 8 heteroatoms. The fourth-order valence-electron chi connectivity index (χ4n) is 1.20. The molecule has 1 aromatic rings. The van der Waals surface area contributed by atoms with Crippen molar-refractivity contribution < 1.29 is 18.4 Å². The Morgan fingerprint density at radius 3 is 2.69 bits per heavy atom. The number of hydrogen-bond donors (Lipinski definition) is 0. The van der Waals surface area contributed by atoms with Crippen LogP contribution in [-0.2, 0) is 5.33 Å². The van der Waals surface area contributed by atoms with E-state index >= 15 is 0 Å². The number of methoxy groups -OCH3 is 1. The molecule has 0 N–H and O–H groups in total. The summed E-state index contributed by atoms with van der Waals surface area (Å²) in [5, 5.41) is 10.7. The lowest BCUT2D eigenvalue weighted by molar-refractivity contribution is -0.386. The predicted molar refractivity (Wildman–Crippen MR) is 55.0 cm³/mol. The molecule has 0 bridgehead atoms. The first-order valence-corrected chi connectivity index (χ1v) is 5.19. The highest BCUT2D eigenvalue weighted by molar-refractivity contribution is 9.08. The Morgan fingerprint density at radius 1 is 1.69 bits per heavy atom. The van der Waals surface area contributed by atoms with E-state index in [0.29, 0.717) is 0 Å². The molecule has 0 saturated carbocycles. The van der Waals surface area contributed by atoms with Crippen LogP contribution >= 0.6 is 15.9 Å². The van der Waals surface area contributed by atoms with Crippen molar-refractivity contribution in [3.8, 4) is 5.88 Å². The molecule has 0 aliphatic rings. The van der Waals surface area contributed by atoms with Crippen molar-refractivity contribution in [3.05, 3.63) is 27.4 Å². The molecule has 0 aliphatic heterocycles. The summed E-state index contributed by atoms with van der Waals surface area (Å²) >= 11 is 2.94. The maximum atomic E-state index is 12.6. The Labute approximate surface area is 97.7 Å². The Hall–Kier alpha value is -1.31. The maximum Gasteiger partial charge on any atom is 0.335 e. The third-order valence-electron chi connectivity index (χ3n) is 1.90. The lowest BCUT2D eigenvalue weighted by Crippen LogP contribution is -2.04. The van der Waals surface area contributed by atoms with Crippen LogP contribution in [0.2, 0.25) is 0 Å². The smallest absolute Gasteiger partial charge is 0.335 e. The van der Waals surface area contributed by atoms with E-state index < -0.39 is 22.6 Å². The van der Waals surface area contributed by atoms with Crippen LogP contribution in [0.4, 0.5) is 14.5 Å². The minimum Gasteiger partial charge on any atom is -0.476 e. The zero-order valence-electron chi connectivity index (χ0n) is 8.11. The lowest BCUT2D eigenvalue weighted by Gasteiger charge is -2.08. The molecule has 1 aromatic heterocycles. The van der Waals surface area contributed by atoms with Crippen molar-refractivity contribution in [2.45, 2.75) is 11.8 Å². The number of alkyl halides is 3. The van der Waals surface area contributed by atoms with Crippen LogP contribution < -0.4 is 4.74 Å². The molecule has 16 heavy (non-hydrogen) atoms. The number of hydrogen-bond acceptors (Lipinski definition) is 4. The van der Waals surface area contributed by atoms with Gasteiger partial charge in [0.1, 0.15) is 0 Å². The highest BCUT2D eigenvalue weighted by Gasteiger charge is 2.28. The molecular formula is C8H7BrF2N2O3. The summed E-state index contributed by atoms with van der Waals surface area (Å²) in [6.45, 7) is 0. The summed E-state index contributed by atoms with van der Waals surface area (Å²) in [4.78, 5) is 13.5. The van der Waals surface area contributed by atoms with Crippen molar-refractivity contribution >= 4 is 21.6 Å². The molecule has 0 aromatic carbocycles. The molecule has 0 saturated heterocycles. The second kappa shape index (κ2) is 5.15. The van der Waals surface area contributed by atoms with E-state index in [1.807, 2.05) is 0 Å². The first-order chi connectivity index (χ1) is 7.52. The normalized spacial score (nSPS) is 10.6. The molecule has 0 radical (unpaired) electrons. The summed E-state index contributed by atoms with van der Waals surface area (Å²) in [6.07, 6.45) is -1.93. The quantitative estimate of drug-likeness (QED) is 0.487. The minimum absolute atomic E-state index is 0.0676. The average Bonchev–Trinajstić information content (AvgIpc) is 2.26. The number of rotatable bonds is 4. The first-order valence-electron chi connectivity index (χ1n) is 4.07. The van der Waals surface area contributed by atoms with Gasteiger partial charge in [-0.1, -0.05) is 15.9 Å². The van der Waals surface area contributed by atoms with Crippen LogP contribution in [0.3, 0.4) is 0 Å². The van der Waals surface area contributed by atoms with Gasteiger partial charge < -0.3 is 4.74 Å². The maximum absolute atomic E-state index is 12.6. The number of nitrogens with zero attached hydrogens (tertiary/aromatic N) is 2. The Balaban J connectivity index is 3.49. The van der Waals surface area contributed by atoms with E-state index in [0.717, 1.165) is 6.20 Å². The van der Waals surface area contributed by atoms with Crippen LogP contribution in [0.5, 0.6) is 5.88 Å². The van der Waals surface area contributed by atoms with Crippen LogP contribution in [0.15, 0.2) is 6.20 Å². The molecule has 1 heterocycles. The third kappa shape index (κ3) is 2.26. The van der Waals surface area contributed by atoms with Gasteiger partial charge in [-0.15, -0.1) is 0 Å². The Bertz CT molecular complexity index is 415. The minimum atomic E-state index is -2.82. The highest BCUT2D eigenvalue weighted by Crippen LogP contribution is 2.36.